The van der Waals surface area contributed by atoms with E-state index in [1.54, 1.807) is 6.20 Å². The van der Waals surface area contributed by atoms with Gasteiger partial charge in [-0.25, -0.2) is 0 Å². The molecule has 0 atom stereocenters. The number of hydrogen-bond donors (Lipinski definition) is 2. The van der Waals surface area contributed by atoms with Gasteiger partial charge >= 0.3 is 0 Å². The molecule has 0 spiro atoms. The third-order valence-corrected chi connectivity index (χ3v) is 2.98. The molecule has 2 nitrogen and oxygen atoms in total. The molecule has 0 aliphatic heterocycles. The topological polar surface area (TPSA) is 27.8 Å². The molecule has 0 saturated carbocycles. The lowest BCUT2D eigenvalue weighted by atomic mass is 10.1. The fourth-order valence-electron chi connectivity index (χ4n) is 1.86. The molecule has 0 bridgehead atoms. The molecule has 2 aromatic rings. The van der Waals surface area contributed by atoms with Crippen molar-refractivity contribution in [1.82, 2.24) is 10.3 Å². The molecule has 1 aromatic heterocycles. The molecule has 1 aromatic carbocycles. The highest BCUT2D eigenvalue weighted by atomic mass is 35.5. The first-order chi connectivity index (χ1) is 8.33. The number of aryl methyl sites for hydroxylation is 1. The predicted molar refractivity (Wildman–Crippen MR) is 74.1 cm³/mol. The van der Waals surface area contributed by atoms with Crippen LogP contribution in [0.15, 0.2) is 49.3 Å². The summed E-state index contributed by atoms with van der Waals surface area (Å²) in [5.74, 6) is 0. The van der Waals surface area contributed by atoms with Crippen molar-refractivity contribution in [2.45, 2.75) is 12.8 Å². The van der Waals surface area contributed by atoms with Crippen molar-refractivity contribution in [2.75, 3.05) is 0 Å². The summed E-state index contributed by atoms with van der Waals surface area (Å²) in [6.07, 6.45) is 7.48. The number of halogens is 1. The van der Waals surface area contributed by atoms with Gasteiger partial charge in [-0.3, -0.25) is 0 Å². The van der Waals surface area contributed by atoms with Gasteiger partial charge in [0.05, 0.1) is 0 Å². The highest BCUT2D eigenvalue weighted by molar-refractivity contribution is 6.31. The number of aromatic amines is 1. The van der Waals surface area contributed by atoms with Crippen LogP contribution in [0, 0.1) is 0 Å². The Morgan fingerprint density at radius 2 is 2.18 bits per heavy atom. The van der Waals surface area contributed by atoms with Crippen molar-refractivity contribution in [2.24, 2.45) is 0 Å². The standard InChI is InChI=1S/C14H15ClN2/c1-2-16-10-6-5-8-12-11-7-3-4-9-13(11)17-14(12)15/h2-4,6-7,9-10,16-17H,1,5,8H2. The van der Waals surface area contributed by atoms with E-state index in [0.717, 1.165) is 23.5 Å². The normalized spacial score (nSPS) is 11.1. The molecule has 0 amide bonds. The largest absolute Gasteiger partial charge is 0.369 e. The van der Waals surface area contributed by atoms with Crippen molar-refractivity contribution in [3.8, 4) is 0 Å². The summed E-state index contributed by atoms with van der Waals surface area (Å²) in [5, 5.41) is 4.88. The Balaban J connectivity index is 2.12. The number of rotatable bonds is 5. The van der Waals surface area contributed by atoms with Gasteiger partial charge in [-0.2, -0.15) is 0 Å². The smallest absolute Gasteiger partial charge is 0.110 e. The molecule has 0 unspecified atom stereocenters. The van der Waals surface area contributed by atoms with Gasteiger partial charge in [-0.05, 0) is 36.9 Å². The van der Waals surface area contributed by atoms with E-state index in [-0.39, 0.29) is 0 Å². The van der Waals surface area contributed by atoms with E-state index in [9.17, 15) is 0 Å². The molecule has 0 saturated heterocycles. The Morgan fingerprint density at radius 3 is 3.00 bits per heavy atom. The number of para-hydroxylation sites is 1. The molecule has 1 heterocycles. The van der Waals surface area contributed by atoms with Crippen LogP contribution in [0.25, 0.3) is 10.9 Å². The summed E-state index contributed by atoms with van der Waals surface area (Å²) in [5.41, 5.74) is 2.28. The highest BCUT2D eigenvalue weighted by Crippen LogP contribution is 2.26. The molecule has 17 heavy (non-hydrogen) atoms. The van der Waals surface area contributed by atoms with Gasteiger partial charge in [0.1, 0.15) is 5.15 Å². The van der Waals surface area contributed by atoms with E-state index in [4.69, 9.17) is 11.6 Å². The van der Waals surface area contributed by atoms with Crippen LogP contribution in [-0.4, -0.2) is 4.98 Å². The van der Waals surface area contributed by atoms with E-state index in [0.29, 0.717) is 0 Å². The van der Waals surface area contributed by atoms with E-state index in [1.807, 2.05) is 24.4 Å². The fourth-order valence-corrected chi connectivity index (χ4v) is 2.16. The van der Waals surface area contributed by atoms with Crippen LogP contribution in [0.5, 0.6) is 0 Å². The Hall–Kier alpha value is -1.67. The molecular formula is C14H15ClN2. The molecular weight excluding hydrogens is 232 g/mol. The minimum Gasteiger partial charge on any atom is -0.369 e. The van der Waals surface area contributed by atoms with Crippen LogP contribution in [0.1, 0.15) is 12.0 Å². The van der Waals surface area contributed by atoms with Crippen LogP contribution in [0.3, 0.4) is 0 Å². The average Bonchev–Trinajstić information content (AvgIpc) is 2.65. The van der Waals surface area contributed by atoms with Gasteiger partial charge in [0.25, 0.3) is 0 Å². The minimum atomic E-state index is 0.747. The first-order valence-electron chi connectivity index (χ1n) is 5.60. The fraction of sp³-hybridized carbons (Fsp3) is 0.143. The molecule has 88 valence electrons. The summed E-state index contributed by atoms with van der Waals surface area (Å²) in [6.45, 7) is 3.57. The maximum Gasteiger partial charge on any atom is 0.110 e. The van der Waals surface area contributed by atoms with Crippen LogP contribution >= 0.6 is 11.6 Å². The number of aromatic nitrogens is 1. The third-order valence-electron chi connectivity index (χ3n) is 2.65. The molecule has 2 N–H and O–H groups in total. The summed E-state index contributed by atoms with van der Waals surface area (Å²) in [6, 6.07) is 8.18. The zero-order valence-electron chi connectivity index (χ0n) is 9.54. The highest BCUT2D eigenvalue weighted by Gasteiger charge is 2.07. The second kappa shape index (κ2) is 5.60. The minimum absolute atomic E-state index is 0.747. The van der Waals surface area contributed by atoms with E-state index in [1.165, 1.54) is 10.9 Å². The third kappa shape index (κ3) is 2.71. The molecule has 3 heteroatoms. The number of benzene rings is 1. The van der Waals surface area contributed by atoms with Gasteiger partial charge in [0.2, 0.25) is 0 Å². The first kappa shape index (κ1) is 11.8. The zero-order chi connectivity index (χ0) is 12.1. The number of nitrogens with one attached hydrogen (secondary N) is 2. The average molecular weight is 247 g/mol. The SMILES string of the molecule is C=CNC=CCCc1c(Cl)[nH]c2ccccc12. The van der Waals surface area contributed by atoms with Crippen LogP contribution in [-0.2, 0) is 6.42 Å². The quantitative estimate of drug-likeness (QED) is 0.820. The maximum atomic E-state index is 6.20. The van der Waals surface area contributed by atoms with Crippen LogP contribution < -0.4 is 5.32 Å². The zero-order valence-corrected chi connectivity index (χ0v) is 10.3. The van der Waals surface area contributed by atoms with Gasteiger partial charge in [0, 0.05) is 10.9 Å². The second-order valence-corrected chi connectivity index (χ2v) is 4.15. The van der Waals surface area contributed by atoms with Gasteiger partial charge in [-0.1, -0.05) is 42.5 Å². The van der Waals surface area contributed by atoms with E-state index >= 15 is 0 Å². The van der Waals surface area contributed by atoms with E-state index < -0.39 is 0 Å². The number of fused-ring (bicyclic) bond motifs is 1. The number of allylic oxidation sites excluding steroid dienone is 1. The lowest BCUT2D eigenvalue weighted by molar-refractivity contribution is 0.997. The first-order valence-corrected chi connectivity index (χ1v) is 5.98. The van der Waals surface area contributed by atoms with Crippen molar-refractivity contribution in [1.29, 1.82) is 0 Å². The lowest BCUT2D eigenvalue weighted by Crippen LogP contribution is -1.90. The van der Waals surface area contributed by atoms with Gasteiger partial charge in [0.15, 0.2) is 0 Å². The maximum absolute atomic E-state index is 6.20. The van der Waals surface area contributed by atoms with Crippen LogP contribution in [0.2, 0.25) is 5.15 Å². The van der Waals surface area contributed by atoms with Crippen molar-refractivity contribution in [3.63, 3.8) is 0 Å². The lowest BCUT2D eigenvalue weighted by Gasteiger charge is -1.97. The van der Waals surface area contributed by atoms with Crippen molar-refractivity contribution >= 4 is 22.5 Å². The van der Waals surface area contributed by atoms with Gasteiger partial charge in [-0.15, -0.1) is 0 Å². The monoisotopic (exact) mass is 246 g/mol. The summed E-state index contributed by atoms with van der Waals surface area (Å²) < 4.78 is 0. The predicted octanol–water partition coefficient (Wildman–Crippen LogP) is 4.00. The number of H-pyrrole nitrogens is 1. The number of hydrogen-bond acceptors (Lipinski definition) is 1. The second-order valence-electron chi connectivity index (χ2n) is 3.77. The molecule has 0 radical (unpaired) electrons. The molecule has 0 aliphatic rings. The molecule has 2 rings (SSSR count). The van der Waals surface area contributed by atoms with Crippen molar-refractivity contribution < 1.29 is 0 Å². The summed E-state index contributed by atoms with van der Waals surface area (Å²) >= 11 is 6.20. The van der Waals surface area contributed by atoms with Crippen molar-refractivity contribution in [3.05, 3.63) is 60.0 Å². The van der Waals surface area contributed by atoms with E-state index in [2.05, 4.69) is 29.0 Å². The summed E-state index contributed by atoms with van der Waals surface area (Å²) in [4.78, 5) is 3.19. The Kier molecular flexibility index (Phi) is 3.89. The van der Waals surface area contributed by atoms with Gasteiger partial charge < -0.3 is 10.3 Å². The Bertz CT molecular complexity index is 540. The van der Waals surface area contributed by atoms with Crippen LogP contribution in [0.4, 0.5) is 0 Å². The Morgan fingerprint density at radius 1 is 1.35 bits per heavy atom. The summed E-state index contributed by atoms with van der Waals surface area (Å²) in [7, 11) is 0. The molecule has 0 fully saturated rings. The Labute approximate surface area is 106 Å². The molecule has 0 aliphatic carbocycles.